The van der Waals surface area contributed by atoms with Crippen LogP contribution in [0, 0.1) is 17.5 Å². The molecule has 0 bridgehead atoms. The summed E-state index contributed by atoms with van der Waals surface area (Å²) in [6.07, 6.45) is 0. The van der Waals surface area contributed by atoms with Gasteiger partial charge in [0.15, 0.2) is 23.1 Å². The fraction of sp³-hybridized carbons (Fsp3) is 0.0714. The molecule has 0 saturated heterocycles. The third-order valence-corrected chi connectivity index (χ3v) is 2.63. The summed E-state index contributed by atoms with van der Waals surface area (Å²) in [5.74, 6) is -4.18. The number of nitrogens with two attached hydrogens (primary N) is 1. The lowest BCUT2D eigenvalue weighted by atomic mass is 10.2. The first-order chi connectivity index (χ1) is 9.92. The number of carbonyl (C=O) groups excluding carboxylic acids is 1. The Balaban J connectivity index is 2.41. The zero-order chi connectivity index (χ0) is 15.6. The van der Waals surface area contributed by atoms with Crippen LogP contribution in [0.1, 0.15) is 10.4 Å². The summed E-state index contributed by atoms with van der Waals surface area (Å²) in [6, 6.07) is 4.61. The van der Waals surface area contributed by atoms with Gasteiger partial charge in [0.1, 0.15) is 11.6 Å². The maximum atomic E-state index is 13.8. The third-order valence-electron chi connectivity index (χ3n) is 2.63. The van der Waals surface area contributed by atoms with Gasteiger partial charge in [-0.25, -0.2) is 13.2 Å². The van der Waals surface area contributed by atoms with Crippen LogP contribution in [0.25, 0.3) is 0 Å². The molecule has 7 heteroatoms. The number of amides is 1. The van der Waals surface area contributed by atoms with Crippen LogP contribution in [-0.2, 0) is 0 Å². The van der Waals surface area contributed by atoms with Gasteiger partial charge in [0.05, 0.1) is 12.7 Å². The van der Waals surface area contributed by atoms with Crippen molar-refractivity contribution < 1.29 is 27.4 Å². The first kappa shape index (κ1) is 14.7. The SMILES string of the molecule is COc1cc(F)ccc1Oc1cc(F)c(C(N)=O)cc1F. The summed E-state index contributed by atoms with van der Waals surface area (Å²) >= 11 is 0. The van der Waals surface area contributed by atoms with E-state index in [9.17, 15) is 18.0 Å². The Morgan fingerprint density at radius 1 is 1.00 bits per heavy atom. The van der Waals surface area contributed by atoms with E-state index in [4.69, 9.17) is 15.2 Å². The highest BCUT2D eigenvalue weighted by atomic mass is 19.1. The van der Waals surface area contributed by atoms with Crippen LogP contribution in [0.2, 0.25) is 0 Å². The molecule has 2 aromatic carbocycles. The second-order valence-corrected chi connectivity index (χ2v) is 4.02. The minimum atomic E-state index is -1.10. The average molecular weight is 297 g/mol. The van der Waals surface area contributed by atoms with Gasteiger partial charge in [-0.05, 0) is 18.2 Å². The standard InChI is InChI=1S/C14H10F3NO3/c1-20-13-4-7(15)2-3-11(13)21-12-6-9(16)8(14(18)19)5-10(12)17/h2-6H,1H3,(H2,18,19). The van der Waals surface area contributed by atoms with Crippen molar-refractivity contribution >= 4 is 5.91 Å². The number of hydrogen-bond acceptors (Lipinski definition) is 3. The molecule has 2 aromatic rings. The molecule has 1 amide bonds. The van der Waals surface area contributed by atoms with Crippen molar-refractivity contribution in [2.24, 2.45) is 5.73 Å². The second kappa shape index (κ2) is 5.74. The normalized spacial score (nSPS) is 10.3. The van der Waals surface area contributed by atoms with Gasteiger partial charge in [-0.15, -0.1) is 0 Å². The molecule has 2 rings (SSSR count). The zero-order valence-electron chi connectivity index (χ0n) is 10.8. The van der Waals surface area contributed by atoms with Gasteiger partial charge in [0, 0.05) is 12.1 Å². The van der Waals surface area contributed by atoms with Gasteiger partial charge in [0.2, 0.25) is 0 Å². The largest absolute Gasteiger partial charge is 0.493 e. The highest BCUT2D eigenvalue weighted by molar-refractivity contribution is 5.93. The predicted octanol–water partition coefficient (Wildman–Crippen LogP) is 3.00. The molecule has 0 unspecified atom stereocenters. The summed E-state index contributed by atoms with van der Waals surface area (Å²) in [5.41, 5.74) is 4.31. The minimum absolute atomic E-state index is 0.00814. The van der Waals surface area contributed by atoms with Crippen LogP contribution < -0.4 is 15.2 Å². The van der Waals surface area contributed by atoms with E-state index in [1.807, 2.05) is 0 Å². The number of methoxy groups -OCH3 is 1. The first-order valence-corrected chi connectivity index (χ1v) is 5.72. The minimum Gasteiger partial charge on any atom is -0.493 e. The first-order valence-electron chi connectivity index (χ1n) is 5.72. The second-order valence-electron chi connectivity index (χ2n) is 4.02. The lowest BCUT2D eigenvalue weighted by Gasteiger charge is -2.11. The molecule has 2 N–H and O–H groups in total. The van der Waals surface area contributed by atoms with E-state index in [-0.39, 0.29) is 11.5 Å². The maximum Gasteiger partial charge on any atom is 0.251 e. The number of halogens is 3. The monoisotopic (exact) mass is 297 g/mol. The molecule has 110 valence electrons. The summed E-state index contributed by atoms with van der Waals surface area (Å²) in [4.78, 5) is 10.9. The van der Waals surface area contributed by atoms with Gasteiger partial charge in [-0.2, -0.15) is 0 Å². The quantitative estimate of drug-likeness (QED) is 0.943. The Morgan fingerprint density at radius 2 is 1.71 bits per heavy atom. The molecule has 0 aromatic heterocycles. The molecule has 0 atom stereocenters. The molecule has 4 nitrogen and oxygen atoms in total. The van der Waals surface area contributed by atoms with Crippen LogP contribution in [0.5, 0.6) is 17.2 Å². The van der Waals surface area contributed by atoms with E-state index in [0.717, 1.165) is 12.1 Å². The van der Waals surface area contributed by atoms with E-state index in [2.05, 4.69) is 0 Å². The van der Waals surface area contributed by atoms with Crippen LogP contribution in [0.4, 0.5) is 13.2 Å². The van der Waals surface area contributed by atoms with Crippen molar-refractivity contribution in [3.63, 3.8) is 0 Å². The van der Waals surface area contributed by atoms with Crippen molar-refractivity contribution in [2.45, 2.75) is 0 Å². The molecule has 0 fully saturated rings. The lowest BCUT2D eigenvalue weighted by Crippen LogP contribution is -2.13. The average Bonchev–Trinajstić information content (AvgIpc) is 2.43. The summed E-state index contributed by atoms with van der Waals surface area (Å²) in [7, 11) is 1.27. The van der Waals surface area contributed by atoms with Crippen molar-refractivity contribution in [3.05, 3.63) is 53.3 Å². The highest BCUT2D eigenvalue weighted by Crippen LogP contribution is 2.34. The lowest BCUT2D eigenvalue weighted by molar-refractivity contribution is 0.0996. The summed E-state index contributed by atoms with van der Waals surface area (Å²) in [5, 5.41) is 0. The molecule has 0 aliphatic carbocycles. The van der Waals surface area contributed by atoms with Gasteiger partial charge >= 0.3 is 0 Å². The number of carbonyl (C=O) groups is 1. The Morgan fingerprint density at radius 3 is 2.33 bits per heavy atom. The summed E-state index contributed by atoms with van der Waals surface area (Å²) in [6.45, 7) is 0. The zero-order valence-corrected chi connectivity index (χ0v) is 10.8. The topological polar surface area (TPSA) is 61.6 Å². The Hall–Kier alpha value is -2.70. The van der Waals surface area contributed by atoms with Crippen LogP contribution >= 0.6 is 0 Å². The molecule has 0 aliphatic rings. The molecular formula is C14H10F3NO3. The number of hydrogen-bond donors (Lipinski definition) is 1. The van der Waals surface area contributed by atoms with Crippen LogP contribution in [0.3, 0.4) is 0 Å². The fourth-order valence-corrected chi connectivity index (χ4v) is 1.64. The van der Waals surface area contributed by atoms with E-state index >= 15 is 0 Å². The van der Waals surface area contributed by atoms with Crippen molar-refractivity contribution in [1.82, 2.24) is 0 Å². The number of ether oxygens (including phenoxy) is 2. The molecule has 0 spiro atoms. The molecule has 0 saturated carbocycles. The van der Waals surface area contributed by atoms with Crippen LogP contribution in [-0.4, -0.2) is 13.0 Å². The van der Waals surface area contributed by atoms with E-state index in [1.54, 1.807) is 0 Å². The number of primary amides is 1. The van der Waals surface area contributed by atoms with E-state index < -0.39 is 34.7 Å². The van der Waals surface area contributed by atoms with E-state index in [0.29, 0.717) is 12.1 Å². The highest BCUT2D eigenvalue weighted by Gasteiger charge is 2.16. The van der Waals surface area contributed by atoms with Crippen LogP contribution in [0.15, 0.2) is 30.3 Å². The summed E-state index contributed by atoms with van der Waals surface area (Å²) < 4.78 is 50.4. The smallest absolute Gasteiger partial charge is 0.251 e. The molecule has 21 heavy (non-hydrogen) atoms. The van der Waals surface area contributed by atoms with Crippen molar-refractivity contribution in [1.29, 1.82) is 0 Å². The Bertz CT molecular complexity index is 704. The molecule has 0 radical (unpaired) electrons. The fourth-order valence-electron chi connectivity index (χ4n) is 1.64. The molecular weight excluding hydrogens is 287 g/mol. The Labute approximate surface area is 117 Å². The molecule has 0 aliphatic heterocycles. The Kier molecular flexibility index (Phi) is 4.02. The van der Waals surface area contributed by atoms with E-state index in [1.165, 1.54) is 13.2 Å². The maximum absolute atomic E-state index is 13.8. The third kappa shape index (κ3) is 3.07. The molecule has 0 heterocycles. The number of benzene rings is 2. The van der Waals surface area contributed by atoms with Crippen molar-refractivity contribution in [3.8, 4) is 17.2 Å². The van der Waals surface area contributed by atoms with Gasteiger partial charge < -0.3 is 15.2 Å². The van der Waals surface area contributed by atoms with Gasteiger partial charge in [0.25, 0.3) is 5.91 Å². The van der Waals surface area contributed by atoms with Gasteiger partial charge in [-0.1, -0.05) is 0 Å². The number of rotatable bonds is 4. The van der Waals surface area contributed by atoms with Crippen molar-refractivity contribution in [2.75, 3.05) is 7.11 Å². The van der Waals surface area contributed by atoms with Gasteiger partial charge in [-0.3, -0.25) is 4.79 Å². The predicted molar refractivity (Wildman–Crippen MR) is 67.9 cm³/mol.